The Morgan fingerprint density at radius 3 is 2.90 bits per heavy atom. The van der Waals surface area contributed by atoms with Gasteiger partial charge in [0, 0.05) is 19.0 Å². The number of rotatable bonds is 3. The fraction of sp³-hybridized carbons (Fsp3) is 0.714. The standard InChI is InChI=1S/C14H20N2O4S/c1-10-7-13(20-15-10)12-3-2-5-16(12)14(17)8-11-4-6-21(18,19)9-11/h7,11-12H,2-6,8-9H2,1H3/t11-,12-/m0/s1. The molecule has 0 unspecified atom stereocenters. The van der Waals surface area contributed by atoms with Crippen molar-refractivity contribution in [2.24, 2.45) is 5.92 Å². The Hall–Kier alpha value is -1.37. The molecule has 3 heterocycles. The molecular formula is C14H20N2O4S. The molecule has 1 aromatic heterocycles. The van der Waals surface area contributed by atoms with Gasteiger partial charge >= 0.3 is 0 Å². The number of sulfone groups is 1. The van der Waals surface area contributed by atoms with E-state index in [1.54, 1.807) is 0 Å². The summed E-state index contributed by atoms with van der Waals surface area (Å²) in [5, 5.41) is 3.89. The van der Waals surface area contributed by atoms with E-state index in [-0.39, 0.29) is 29.4 Å². The van der Waals surface area contributed by atoms with Gasteiger partial charge in [-0.25, -0.2) is 8.42 Å². The van der Waals surface area contributed by atoms with Crippen molar-refractivity contribution < 1.29 is 17.7 Å². The molecule has 0 bridgehead atoms. The molecule has 6 nitrogen and oxygen atoms in total. The van der Waals surface area contributed by atoms with Crippen molar-refractivity contribution in [2.45, 2.75) is 38.6 Å². The second kappa shape index (κ2) is 5.44. The van der Waals surface area contributed by atoms with Gasteiger partial charge in [-0.15, -0.1) is 0 Å². The first-order chi connectivity index (χ1) is 9.94. The van der Waals surface area contributed by atoms with Gasteiger partial charge in [0.2, 0.25) is 5.91 Å². The molecule has 0 aromatic carbocycles. The Labute approximate surface area is 124 Å². The van der Waals surface area contributed by atoms with Crippen LogP contribution in [0.4, 0.5) is 0 Å². The van der Waals surface area contributed by atoms with E-state index < -0.39 is 9.84 Å². The van der Waals surface area contributed by atoms with Crippen LogP contribution in [0.2, 0.25) is 0 Å². The molecule has 3 rings (SSSR count). The first-order valence-corrected chi connectivity index (χ1v) is 9.20. The molecule has 0 saturated carbocycles. The molecule has 116 valence electrons. The summed E-state index contributed by atoms with van der Waals surface area (Å²) in [5.41, 5.74) is 0.811. The van der Waals surface area contributed by atoms with Gasteiger partial charge in [0.05, 0.1) is 23.2 Å². The fourth-order valence-corrected chi connectivity index (χ4v) is 5.16. The fourth-order valence-electron chi connectivity index (χ4n) is 3.30. The molecule has 2 atom stereocenters. The molecule has 1 aromatic rings. The number of likely N-dealkylation sites (tertiary alicyclic amines) is 1. The van der Waals surface area contributed by atoms with Gasteiger partial charge in [-0.05, 0) is 32.1 Å². The van der Waals surface area contributed by atoms with Crippen molar-refractivity contribution in [3.05, 3.63) is 17.5 Å². The lowest BCUT2D eigenvalue weighted by molar-refractivity contribution is -0.133. The van der Waals surface area contributed by atoms with E-state index >= 15 is 0 Å². The Bertz CT molecular complexity index is 637. The monoisotopic (exact) mass is 312 g/mol. The first-order valence-electron chi connectivity index (χ1n) is 7.38. The highest BCUT2D eigenvalue weighted by Gasteiger charge is 2.36. The van der Waals surface area contributed by atoms with Gasteiger partial charge in [0.15, 0.2) is 15.6 Å². The summed E-state index contributed by atoms with van der Waals surface area (Å²) < 4.78 is 28.3. The number of nitrogens with zero attached hydrogens (tertiary/aromatic N) is 2. The zero-order valence-electron chi connectivity index (χ0n) is 12.1. The minimum Gasteiger partial charge on any atom is -0.359 e. The van der Waals surface area contributed by atoms with Crippen LogP contribution < -0.4 is 0 Å². The molecule has 0 aliphatic carbocycles. The molecule has 21 heavy (non-hydrogen) atoms. The van der Waals surface area contributed by atoms with E-state index in [1.165, 1.54) is 0 Å². The third-order valence-electron chi connectivity index (χ3n) is 4.34. The highest BCUT2D eigenvalue weighted by atomic mass is 32.2. The van der Waals surface area contributed by atoms with Crippen molar-refractivity contribution >= 4 is 15.7 Å². The van der Waals surface area contributed by atoms with Crippen LogP contribution in [0.15, 0.2) is 10.6 Å². The van der Waals surface area contributed by atoms with Crippen LogP contribution in [0, 0.1) is 12.8 Å². The summed E-state index contributed by atoms with van der Waals surface area (Å²) in [4.78, 5) is 14.3. The zero-order chi connectivity index (χ0) is 15.0. The highest BCUT2D eigenvalue weighted by Crippen LogP contribution is 2.34. The zero-order valence-corrected chi connectivity index (χ0v) is 12.9. The van der Waals surface area contributed by atoms with E-state index in [1.807, 2.05) is 17.9 Å². The maximum atomic E-state index is 12.5. The van der Waals surface area contributed by atoms with Crippen LogP contribution in [0.5, 0.6) is 0 Å². The predicted octanol–water partition coefficient (Wildman–Crippen LogP) is 1.47. The molecule has 0 radical (unpaired) electrons. The summed E-state index contributed by atoms with van der Waals surface area (Å²) >= 11 is 0. The summed E-state index contributed by atoms with van der Waals surface area (Å²) in [6, 6.07) is 1.83. The minimum atomic E-state index is -2.93. The van der Waals surface area contributed by atoms with Crippen LogP contribution in [0.3, 0.4) is 0 Å². The number of aryl methyl sites for hydroxylation is 1. The number of carbonyl (C=O) groups excluding carboxylic acids is 1. The van der Waals surface area contributed by atoms with Gasteiger partial charge in [-0.3, -0.25) is 4.79 Å². The average Bonchev–Trinajstić information content (AvgIpc) is 3.09. The van der Waals surface area contributed by atoms with E-state index in [9.17, 15) is 13.2 Å². The van der Waals surface area contributed by atoms with Gasteiger partial charge in [0.1, 0.15) is 0 Å². The Morgan fingerprint density at radius 2 is 2.29 bits per heavy atom. The summed E-state index contributed by atoms with van der Waals surface area (Å²) in [5.74, 6) is 1.11. The maximum absolute atomic E-state index is 12.5. The lowest BCUT2D eigenvalue weighted by atomic mass is 10.0. The lowest BCUT2D eigenvalue weighted by Gasteiger charge is -2.23. The van der Waals surface area contributed by atoms with Crippen molar-refractivity contribution in [1.82, 2.24) is 10.1 Å². The molecule has 7 heteroatoms. The third kappa shape index (κ3) is 3.12. The molecule has 2 aliphatic heterocycles. The van der Waals surface area contributed by atoms with Gasteiger partial charge in [-0.1, -0.05) is 5.16 Å². The smallest absolute Gasteiger partial charge is 0.223 e. The van der Waals surface area contributed by atoms with Crippen molar-refractivity contribution in [2.75, 3.05) is 18.1 Å². The van der Waals surface area contributed by atoms with Crippen LogP contribution in [-0.2, 0) is 14.6 Å². The normalized spacial score (nSPS) is 28.1. The average molecular weight is 312 g/mol. The third-order valence-corrected chi connectivity index (χ3v) is 6.17. The van der Waals surface area contributed by atoms with Crippen LogP contribution >= 0.6 is 0 Å². The second-order valence-electron chi connectivity index (χ2n) is 6.09. The largest absolute Gasteiger partial charge is 0.359 e. The number of hydrogen-bond acceptors (Lipinski definition) is 5. The number of amides is 1. The number of hydrogen-bond donors (Lipinski definition) is 0. The van der Waals surface area contributed by atoms with Gasteiger partial charge < -0.3 is 9.42 Å². The first kappa shape index (κ1) is 14.6. The van der Waals surface area contributed by atoms with Gasteiger partial charge in [-0.2, -0.15) is 0 Å². The number of carbonyl (C=O) groups is 1. The van der Waals surface area contributed by atoms with Crippen molar-refractivity contribution in [3.63, 3.8) is 0 Å². The van der Waals surface area contributed by atoms with Crippen molar-refractivity contribution in [1.29, 1.82) is 0 Å². The molecule has 0 N–H and O–H groups in total. The van der Waals surface area contributed by atoms with Crippen LogP contribution in [-0.4, -0.2) is 42.4 Å². The molecule has 2 fully saturated rings. The molecular weight excluding hydrogens is 292 g/mol. The van der Waals surface area contributed by atoms with Crippen LogP contribution in [0.25, 0.3) is 0 Å². The van der Waals surface area contributed by atoms with E-state index in [2.05, 4.69) is 5.16 Å². The quantitative estimate of drug-likeness (QED) is 0.844. The summed E-state index contributed by atoms with van der Waals surface area (Å²) in [6.45, 7) is 2.57. The molecule has 0 spiro atoms. The van der Waals surface area contributed by atoms with Crippen LogP contribution in [0.1, 0.15) is 43.2 Å². The van der Waals surface area contributed by atoms with Gasteiger partial charge in [0.25, 0.3) is 0 Å². The highest BCUT2D eigenvalue weighted by molar-refractivity contribution is 7.91. The Balaban J connectivity index is 1.66. The molecule has 2 saturated heterocycles. The molecule has 1 amide bonds. The Kier molecular flexibility index (Phi) is 3.77. The topological polar surface area (TPSA) is 80.5 Å². The van der Waals surface area contributed by atoms with Crippen molar-refractivity contribution in [3.8, 4) is 0 Å². The van der Waals surface area contributed by atoms with E-state index in [4.69, 9.17) is 4.52 Å². The lowest BCUT2D eigenvalue weighted by Crippen LogP contribution is -2.32. The Morgan fingerprint density at radius 1 is 1.48 bits per heavy atom. The summed E-state index contributed by atoms with van der Waals surface area (Å²) in [7, 11) is -2.93. The maximum Gasteiger partial charge on any atom is 0.223 e. The summed E-state index contributed by atoms with van der Waals surface area (Å²) in [6.07, 6.45) is 2.75. The minimum absolute atomic E-state index is 0.0276. The molecule has 2 aliphatic rings. The predicted molar refractivity (Wildman–Crippen MR) is 76.3 cm³/mol. The van der Waals surface area contributed by atoms with E-state index in [0.29, 0.717) is 19.4 Å². The SMILES string of the molecule is Cc1cc([C@@H]2CCCN2C(=O)C[C@@H]2CCS(=O)(=O)C2)on1. The second-order valence-corrected chi connectivity index (χ2v) is 8.32. The number of aromatic nitrogens is 1. The van der Waals surface area contributed by atoms with E-state index in [0.717, 1.165) is 24.3 Å².